The van der Waals surface area contributed by atoms with Crippen molar-refractivity contribution in [3.05, 3.63) is 28.2 Å². The second kappa shape index (κ2) is 4.32. The summed E-state index contributed by atoms with van der Waals surface area (Å²) in [5.74, 6) is 1.71. The summed E-state index contributed by atoms with van der Waals surface area (Å²) >= 11 is 3.57. The summed E-state index contributed by atoms with van der Waals surface area (Å²) in [6.07, 6.45) is 1.15. The van der Waals surface area contributed by atoms with Gasteiger partial charge in [0.2, 0.25) is 0 Å². The number of halogens is 1. The minimum Gasteiger partial charge on any atom is -0.497 e. The second-order valence-electron chi connectivity index (χ2n) is 3.69. The van der Waals surface area contributed by atoms with E-state index in [9.17, 15) is 0 Å². The Balaban J connectivity index is 2.09. The Kier molecular flexibility index (Phi) is 3.08. The average Bonchev–Trinajstić information content (AvgIpc) is 2.13. The van der Waals surface area contributed by atoms with Gasteiger partial charge in [0.1, 0.15) is 5.75 Å². The largest absolute Gasteiger partial charge is 0.497 e. The quantitative estimate of drug-likeness (QED) is 0.895. The lowest BCUT2D eigenvalue weighted by molar-refractivity contribution is 0.346. The van der Waals surface area contributed by atoms with Crippen LogP contribution in [0.15, 0.2) is 22.7 Å². The highest BCUT2D eigenvalue weighted by molar-refractivity contribution is 9.10. The molecule has 14 heavy (non-hydrogen) atoms. The molecule has 2 rings (SSSR count). The first kappa shape index (κ1) is 9.99. The van der Waals surface area contributed by atoms with Crippen molar-refractivity contribution in [1.82, 2.24) is 5.32 Å². The normalized spacial score (nSPS) is 16.4. The number of methoxy groups -OCH3 is 1. The Morgan fingerprint density at radius 1 is 1.50 bits per heavy atom. The highest BCUT2D eigenvalue weighted by Gasteiger charge is 2.18. The van der Waals surface area contributed by atoms with Crippen molar-refractivity contribution in [3.8, 4) is 5.75 Å². The summed E-state index contributed by atoms with van der Waals surface area (Å²) in [5, 5.41) is 3.28. The number of rotatable bonds is 3. The SMILES string of the molecule is COc1ccc(CC2CNC2)c(Br)c1. The lowest BCUT2D eigenvalue weighted by Crippen LogP contribution is -2.43. The Bertz CT molecular complexity index is 323. The van der Waals surface area contributed by atoms with Crippen LogP contribution in [0, 0.1) is 5.92 Å². The average molecular weight is 256 g/mol. The van der Waals surface area contributed by atoms with Gasteiger partial charge in [0.05, 0.1) is 7.11 Å². The molecule has 2 nitrogen and oxygen atoms in total. The fraction of sp³-hybridized carbons (Fsp3) is 0.455. The van der Waals surface area contributed by atoms with Gasteiger partial charge in [0.15, 0.2) is 0 Å². The molecule has 1 aromatic carbocycles. The van der Waals surface area contributed by atoms with Gasteiger partial charge >= 0.3 is 0 Å². The Labute approximate surface area is 92.8 Å². The molecule has 0 amide bonds. The first-order valence-electron chi connectivity index (χ1n) is 4.82. The van der Waals surface area contributed by atoms with Crippen LogP contribution in [-0.2, 0) is 6.42 Å². The number of hydrogen-bond acceptors (Lipinski definition) is 2. The van der Waals surface area contributed by atoms with Crippen LogP contribution in [0.3, 0.4) is 0 Å². The molecule has 0 saturated carbocycles. The molecule has 0 atom stereocenters. The van der Waals surface area contributed by atoms with Gasteiger partial charge in [-0.05, 0) is 43.1 Å². The highest BCUT2D eigenvalue weighted by atomic mass is 79.9. The molecule has 0 spiro atoms. The smallest absolute Gasteiger partial charge is 0.120 e. The highest BCUT2D eigenvalue weighted by Crippen LogP contribution is 2.25. The van der Waals surface area contributed by atoms with E-state index in [1.54, 1.807) is 7.11 Å². The monoisotopic (exact) mass is 255 g/mol. The second-order valence-corrected chi connectivity index (χ2v) is 4.54. The lowest BCUT2D eigenvalue weighted by Gasteiger charge is -2.27. The third-order valence-electron chi connectivity index (χ3n) is 2.63. The summed E-state index contributed by atoms with van der Waals surface area (Å²) < 4.78 is 6.31. The minimum atomic E-state index is 0.805. The van der Waals surface area contributed by atoms with Crippen LogP contribution < -0.4 is 10.1 Å². The van der Waals surface area contributed by atoms with Crippen LogP contribution >= 0.6 is 15.9 Å². The van der Waals surface area contributed by atoms with E-state index in [1.165, 1.54) is 5.56 Å². The summed E-state index contributed by atoms with van der Waals surface area (Å²) in [4.78, 5) is 0. The lowest BCUT2D eigenvalue weighted by atomic mass is 9.94. The van der Waals surface area contributed by atoms with Crippen LogP contribution in [0.4, 0.5) is 0 Å². The molecule has 0 aromatic heterocycles. The van der Waals surface area contributed by atoms with Gasteiger partial charge in [-0.1, -0.05) is 22.0 Å². The summed E-state index contributed by atoms with van der Waals surface area (Å²) in [7, 11) is 1.69. The van der Waals surface area contributed by atoms with Gasteiger partial charge in [0.25, 0.3) is 0 Å². The van der Waals surface area contributed by atoms with Crippen LogP contribution in [0.25, 0.3) is 0 Å². The van der Waals surface area contributed by atoms with E-state index in [0.29, 0.717) is 0 Å². The topological polar surface area (TPSA) is 21.3 Å². The first-order chi connectivity index (χ1) is 6.79. The number of ether oxygens (including phenoxy) is 1. The van der Waals surface area contributed by atoms with Crippen molar-refractivity contribution in [3.63, 3.8) is 0 Å². The van der Waals surface area contributed by atoms with Crippen molar-refractivity contribution in [2.75, 3.05) is 20.2 Å². The molecule has 0 aliphatic carbocycles. The Morgan fingerprint density at radius 3 is 2.79 bits per heavy atom. The van der Waals surface area contributed by atoms with Crippen molar-refractivity contribution >= 4 is 15.9 Å². The van der Waals surface area contributed by atoms with E-state index in [2.05, 4.69) is 27.3 Å². The molecule has 0 bridgehead atoms. The van der Waals surface area contributed by atoms with Gasteiger partial charge in [-0.25, -0.2) is 0 Å². The van der Waals surface area contributed by atoms with Crippen molar-refractivity contribution < 1.29 is 4.74 Å². The van der Waals surface area contributed by atoms with Gasteiger partial charge in [-0.2, -0.15) is 0 Å². The summed E-state index contributed by atoms with van der Waals surface area (Å²) in [6, 6.07) is 6.19. The third kappa shape index (κ3) is 2.10. The maximum atomic E-state index is 5.15. The molecule has 1 fully saturated rings. The maximum Gasteiger partial charge on any atom is 0.120 e. The molecule has 0 radical (unpaired) electrons. The zero-order valence-corrected chi connectivity index (χ0v) is 9.80. The predicted molar refractivity (Wildman–Crippen MR) is 60.8 cm³/mol. The van der Waals surface area contributed by atoms with Gasteiger partial charge < -0.3 is 10.1 Å². The summed E-state index contributed by atoms with van der Waals surface area (Å²) in [6.45, 7) is 2.30. The van der Waals surface area contributed by atoms with Crippen LogP contribution in [0.1, 0.15) is 5.56 Å². The van der Waals surface area contributed by atoms with E-state index in [1.807, 2.05) is 12.1 Å². The molecule has 1 aliphatic rings. The fourth-order valence-corrected chi connectivity index (χ4v) is 2.14. The van der Waals surface area contributed by atoms with Gasteiger partial charge in [0, 0.05) is 4.47 Å². The first-order valence-corrected chi connectivity index (χ1v) is 5.62. The van der Waals surface area contributed by atoms with E-state index in [-0.39, 0.29) is 0 Å². The van der Waals surface area contributed by atoms with Crippen molar-refractivity contribution in [2.24, 2.45) is 5.92 Å². The van der Waals surface area contributed by atoms with Gasteiger partial charge in [-0.15, -0.1) is 0 Å². The molecule has 1 N–H and O–H groups in total. The Hall–Kier alpha value is -0.540. The fourth-order valence-electron chi connectivity index (χ4n) is 1.62. The van der Waals surface area contributed by atoms with Crippen LogP contribution in [-0.4, -0.2) is 20.2 Å². The zero-order chi connectivity index (χ0) is 9.97. The van der Waals surface area contributed by atoms with E-state index >= 15 is 0 Å². The predicted octanol–water partition coefficient (Wildman–Crippen LogP) is 2.22. The number of nitrogens with one attached hydrogen (secondary N) is 1. The van der Waals surface area contributed by atoms with Crippen molar-refractivity contribution in [2.45, 2.75) is 6.42 Å². The molecular weight excluding hydrogens is 242 g/mol. The molecule has 1 aromatic rings. The number of benzene rings is 1. The van der Waals surface area contributed by atoms with E-state index in [4.69, 9.17) is 4.74 Å². The third-order valence-corrected chi connectivity index (χ3v) is 3.37. The Morgan fingerprint density at radius 2 is 2.29 bits per heavy atom. The molecule has 1 aliphatic heterocycles. The molecular formula is C11H14BrNO. The zero-order valence-electron chi connectivity index (χ0n) is 8.22. The summed E-state index contributed by atoms with van der Waals surface area (Å²) in [5.41, 5.74) is 1.37. The molecule has 0 unspecified atom stereocenters. The van der Waals surface area contributed by atoms with Crippen LogP contribution in [0.5, 0.6) is 5.75 Å². The maximum absolute atomic E-state index is 5.15. The standard InChI is InChI=1S/C11H14BrNO/c1-14-10-3-2-9(11(12)5-10)4-8-6-13-7-8/h2-3,5,8,13H,4,6-7H2,1H3. The van der Waals surface area contributed by atoms with Crippen LogP contribution in [0.2, 0.25) is 0 Å². The van der Waals surface area contributed by atoms with E-state index in [0.717, 1.165) is 35.7 Å². The molecule has 3 heteroatoms. The van der Waals surface area contributed by atoms with Crippen molar-refractivity contribution in [1.29, 1.82) is 0 Å². The molecule has 76 valence electrons. The number of hydrogen-bond donors (Lipinski definition) is 1. The molecule has 1 heterocycles. The van der Waals surface area contributed by atoms with E-state index < -0.39 is 0 Å². The van der Waals surface area contributed by atoms with Gasteiger partial charge in [-0.3, -0.25) is 0 Å². The minimum absolute atomic E-state index is 0.805. The molecule has 1 saturated heterocycles.